The summed E-state index contributed by atoms with van der Waals surface area (Å²) in [5.41, 5.74) is -5.32. The number of alkyl halides is 6. The second-order valence-corrected chi connectivity index (χ2v) is 16.6. The van der Waals surface area contributed by atoms with Crippen LogP contribution in [0.1, 0.15) is 24.0 Å². The molecule has 0 radical (unpaired) electrons. The van der Waals surface area contributed by atoms with Crippen LogP contribution >= 0.6 is 0 Å². The van der Waals surface area contributed by atoms with Crippen LogP contribution in [0.15, 0.2) is 48.5 Å². The summed E-state index contributed by atoms with van der Waals surface area (Å²) in [5.74, 6) is -18.8. The normalized spacial score (nSPS) is 45.3. The maximum Gasteiger partial charge on any atom is 0.418 e. The average Bonchev–Trinajstić information content (AvgIpc) is 3.94. The van der Waals surface area contributed by atoms with E-state index in [0.717, 1.165) is 9.80 Å². The van der Waals surface area contributed by atoms with E-state index in [2.05, 4.69) is 0 Å². The van der Waals surface area contributed by atoms with Crippen LogP contribution in [0, 0.1) is 71.0 Å². The smallest absolute Gasteiger partial charge is 0.348 e. The van der Waals surface area contributed by atoms with Gasteiger partial charge in [0, 0.05) is 23.7 Å². The van der Waals surface area contributed by atoms with Gasteiger partial charge in [-0.1, -0.05) is 48.5 Å². The summed E-state index contributed by atoms with van der Waals surface area (Å²) in [7, 11) is 0. The predicted molar refractivity (Wildman–Crippen MR) is 162 cm³/mol. The largest absolute Gasteiger partial charge is 0.418 e. The Morgan fingerprint density at radius 2 is 0.784 bits per heavy atom. The minimum atomic E-state index is -5.27. The van der Waals surface area contributed by atoms with Crippen molar-refractivity contribution >= 4 is 45.2 Å². The fourth-order valence-electron chi connectivity index (χ4n) is 14.6. The molecule has 51 heavy (non-hydrogen) atoms. The van der Waals surface area contributed by atoms with Crippen molar-refractivity contribution in [3.8, 4) is 0 Å². The van der Waals surface area contributed by atoms with Gasteiger partial charge in [0.05, 0.1) is 36.8 Å². The molecule has 14 bridgehead atoms. The van der Waals surface area contributed by atoms with E-state index < -0.39 is 118 Å². The molecule has 13 rings (SSSR count). The average molecular weight is 707 g/mol. The van der Waals surface area contributed by atoms with Crippen LogP contribution in [0.3, 0.4) is 0 Å². The third-order valence-electron chi connectivity index (χ3n) is 15.5. The van der Waals surface area contributed by atoms with Crippen molar-refractivity contribution in [2.75, 3.05) is 0 Å². The molecule has 262 valence electrons. The monoisotopic (exact) mass is 706 g/mol. The molecule has 4 saturated heterocycles. The van der Waals surface area contributed by atoms with Crippen molar-refractivity contribution < 1.29 is 50.3 Å². The van der Waals surface area contributed by atoms with Gasteiger partial charge in [-0.15, -0.1) is 0 Å². The highest BCUT2D eigenvalue weighted by Gasteiger charge is 2.97. The number of ether oxygens (including phenoxy) is 1. The number of benzene rings is 3. The molecule has 6 aliphatic heterocycles. The van der Waals surface area contributed by atoms with Crippen LogP contribution in [0.5, 0.6) is 0 Å². The molecule has 8 fully saturated rings. The van der Waals surface area contributed by atoms with Crippen molar-refractivity contribution in [2.45, 2.75) is 49.5 Å². The van der Waals surface area contributed by atoms with Crippen molar-refractivity contribution in [2.24, 2.45) is 71.0 Å². The second kappa shape index (κ2) is 8.45. The number of fused-ring (bicyclic) bond motifs is 1. The van der Waals surface area contributed by atoms with Gasteiger partial charge in [-0.3, -0.25) is 29.0 Å². The second-order valence-electron chi connectivity index (χ2n) is 16.6. The van der Waals surface area contributed by atoms with Crippen molar-refractivity contribution in [3.63, 3.8) is 0 Å². The SMILES string of the molecule is O=C1[C@@H]2[C@H]3C[C@H]4[C@@H]2C(=O)N1Cc1c2ccccc2c(c2ccccc12)CN1C(=O)[C@@H]2[C@H]5C[C@@H]([C@@H]2C1=O)[C@H]1[C@@H]5C2(C(F)(F)F)OC1(C(F)(F)F)[C@H]3[C@H]42. The third-order valence-corrected chi connectivity index (χ3v) is 15.5. The maximum absolute atomic E-state index is 16.0. The molecule has 0 spiro atoms. The number of nitrogens with zero attached hydrogens (tertiary/aromatic N) is 2. The van der Waals surface area contributed by atoms with Crippen LogP contribution in [-0.2, 0) is 37.0 Å². The van der Waals surface area contributed by atoms with Gasteiger partial charge in [-0.25, -0.2) is 0 Å². The Kier molecular flexibility index (Phi) is 4.90. The van der Waals surface area contributed by atoms with Crippen molar-refractivity contribution in [1.82, 2.24) is 9.80 Å². The Hall–Kier alpha value is -4.00. The molecule has 7 nitrogen and oxygen atoms in total. The highest BCUT2D eigenvalue weighted by atomic mass is 19.4. The lowest BCUT2D eigenvalue weighted by Crippen LogP contribution is -2.66. The molecule has 2 unspecified atom stereocenters. The molecule has 3 aromatic rings. The minimum absolute atomic E-state index is 0.108. The molecule has 14 atom stereocenters. The van der Waals surface area contributed by atoms with E-state index in [1.165, 1.54) is 0 Å². The maximum atomic E-state index is 16.0. The third kappa shape index (κ3) is 2.81. The molecular weight excluding hydrogens is 678 g/mol. The van der Waals surface area contributed by atoms with E-state index in [-0.39, 0.29) is 25.9 Å². The number of hydrogen-bond donors (Lipinski definition) is 0. The standard InChI is InChI=1S/C38H28F6N2O5/c39-37(40,41)35-27-17-9-18-24-23(17)31(47)45(32(24)48)11-21-13-5-1-2-6-14(13)22(16-8-4-3-7-15(16)21)12-46-33(49)25-19-10-20(26(25)34(46)50)30(29(19)35)36(51-35,28(18)27)38(42,43)44/h1-8,17-20,23-30H,9-12H2/t17-,18+,19+,20-,23-,24+,25+,26-,27-,28+,29+,30-,35?,36?. The Balaban J connectivity index is 1.16. The van der Waals surface area contributed by atoms with Gasteiger partial charge in [0.1, 0.15) is 0 Å². The first-order chi connectivity index (χ1) is 24.2. The summed E-state index contributed by atoms with van der Waals surface area (Å²) in [4.78, 5) is 59.9. The van der Waals surface area contributed by atoms with E-state index in [0.29, 0.717) is 32.7 Å². The van der Waals surface area contributed by atoms with E-state index in [9.17, 15) is 19.2 Å². The lowest BCUT2D eigenvalue weighted by atomic mass is 9.46. The number of rotatable bonds is 0. The molecular formula is C38H28F6N2O5. The number of carbonyl (C=O) groups is 4. The fourth-order valence-corrected chi connectivity index (χ4v) is 14.6. The first-order valence-electron chi connectivity index (χ1n) is 17.7. The van der Waals surface area contributed by atoms with E-state index in [4.69, 9.17) is 4.74 Å². The van der Waals surface area contributed by atoms with Crippen molar-refractivity contribution in [3.05, 3.63) is 59.7 Å². The predicted octanol–water partition coefficient (Wildman–Crippen LogP) is 5.62. The molecule has 4 amide bonds. The zero-order chi connectivity index (χ0) is 35.0. The van der Waals surface area contributed by atoms with E-state index in [1.54, 1.807) is 24.3 Å². The molecule has 4 saturated carbocycles. The zero-order valence-electron chi connectivity index (χ0n) is 26.6. The Bertz CT molecular complexity index is 1970. The summed E-state index contributed by atoms with van der Waals surface area (Å²) < 4.78 is 101. The van der Waals surface area contributed by atoms with E-state index in [1.807, 2.05) is 24.3 Å². The highest BCUT2D eigenvalue weighted by molar-refractivity contribution is 6.11. The molecule has 6 heterocycles. The summed E-state index contributed by atoms with van der Waals surface area (Å²) in [6, 6.07) is 14.5. The summed E-state index contributed by atoms with van der Waals surface area (Å²) in [6.07, 6.45) is -10.8. The number of amides is 4. The number of carbonyl (C=O) groups excluding carboxylic acids is 4. The molecule has 3 aromatic carbocycles. The van der Waals surface area contributed by atoms with Gasteiger partial charge >= 0.3 is 12.4 Å². The number of hydrogen-bond acceptors (Lipinski definition) is 5. The topological polar surface area (TPSA) is 84.0 Å². The van der Waals surface area contributed by atoms with Crippen LogP contribution in [0.2, 0.25) is 0 Å². The molecule has 0 N–H and O–H groups in total. The zero-order valence-corrected chi connectivity index (χ0v) is 26.6. The first-order valence-corrected chi connectivity index (χ1v) is 17.7. The Morgan fingerprint density at radius 1 is 0.510 bits per heavy atom. The summed E-state index contributed by atoms with van der Waals surface area (Å²) in [6.45, 7) is -0.430. The first kappa shape index (κ1) is 29.6. The van der Waals surface area contributed by atoms with Gasteiger partial charge in [0.2, 0.25) is 23.6 Å². The van der Waals surface area contributed by atoms with Crippen LogP contribution < -0.4 is 0 Å². The number of imide groups is 2. The summed E-state index contributed by atoms with van der Waals surface area (Å²) in [5, 5.41) is 2.71. The minimum Gasteiger partial charge on any atom is -0.348 e. The fraction of sp³-hybridized carbons (Fsp3) is 0.526. The highest BCUT2D eigenvalue weighted by Crippen LogP contribution is 2.86. The molecule has 13 heteroatoms. The lowest BCUT2D eigenvalue weighted by molar-refractivity contribution is -0.329. The Labute approximate surface area is 285 Å². The van der Waals surface area contributed by atoms with Crippen LogP contribution in [-0.4, -0.2) is 57.0 Å². The van der Waals surface area contributed by atoms with Crippen molar-refractivity contribution in [1.29, 1.82) is 0 Å². The van der Waals surface area contributed by atoms with E-state index >= 15 is 26.3 Å². The van der Waals surface area contributed by atoms with Gasteiger partial charge < -0.3 is 4.74 Å². The van der Waals surface area contributed by atoms with Gasteiger partial charge in [0.25, 0.3) is 0 Å². The van der Waals surface area contributed by atoms with Gasteiger partial charge in [-0.2, -0.15) is 26.3 Å². The quantitative estimate of drug-likeness (QED) is 0.172. The van der Waals surface area contributed by atoms with Crippen LogP contribution in [0.25, 0.3) is 21.5 Å². The molecule has 0 aromatic heterocycles. The Morgan fingerprint density at radius 3 is 1.04 bits per heavy atom. The number of halogens is 6. The lowest BCUT2D eigenvalue weighted by Gasteiger charge is -2.53. The van der Waals surface area contributed by atoms with Gasteiger partial charge in [-0.05, 0) is 69.2 Å². The van der Waals surface area contributed by atoms with Crippen LogP contribution in [0.4, 0.5) is 26.3 Å². The molecule has 4 aliphatic carbocycles. The molecule has 10 aliphatic rings. The summed E-state index contributed by atoms with van der Waals surface area (Å²) >= 11 is 0. The van der Waals surface area contributed by atoms with Gasteiger partial charge in [0.15, 0.2) is 11.2 Å².